The van der Waals surface area contributed by atoms with Crippen LogP contribution >= 0.6 is 0 Å². The molecule has 0 bridgehead atoms. The Kier molecular flexibility index (Phi) is 2.85. The highest BCUT2D eigenvalue weighted by Gasteiger charge is 2.23. The fourth-order valence-corrected chi connectivity index (χ4v) is 3.20. The molecule has 1 aliphatic carbocycles. The summed E-state index contributed by atoms with van der Waals surface area (Å²) in [6.45, 7) is -0.372. The maximum atomic E-state index is 12.4. The van der Waals surface area contributed by atoms with Crippen LogP contribution in [0.25, 0.3) is 22.0 Å². The van der Waals surface area contributed by atoms with Gasteiger partial charge in [-0.25, -0.2) is 0 Å². The van der Waals surface area contributed by atoms with Crippen LogP contribution in [0.5, 0.6) is 0 Å². The van der Waals surface area contributed by atoms with Crippen LogP contribution in [0.4, 0.5) is 0 Å². The molecule has 0 unspecified atom stereocenters. The van der Waals surface area contributed by atoms with Crippen LogP contribution in [-0.2, 0) is 19.6 Å². The summed E-state index contributed by atoms with van der Waals surface area (Å²) in [5.74, 6) is 0. The summed E-state index contributed by atoms with van der Waals surface area (Å²) in [7, 11) is 0. The SMILES string of the molecule is O=c1[nH]c2c(c3cc(CO)c(CO)cc13)Cc1ncccc1-2. The lowest BCUT2D eigenvalue weighted by Crippen LogP contribution is -2.10. The fraction of sp³-hybridized carbons (Fsp3) is 0.176. The zero-order valence-corrected chi connectivity index (χ0v) is 11.8. The number of fused-ring (bicyclic) bond motifs is 5. The van der Waals surface area contributed by atoms with E-state index < -0.39 is 0 Å². The average Bonchev–Trinajstić information content (AvgIpc) is 2.92. The number of pyridine rings is 2. The molecule has 0 fully saturated rings. The van der Waals surface area contributed by atoms with Gasteiger partial charge in [0.1, 0.15) is 0 Å². The second-order valence-electron chi connectivity index (χ2n) is 5.46. The van der Waals surface area contributed by atoms with Gasteiger partial charge < -0.3 is 15.2 Å². The number of aromatic nitrogens is 2. The molecule has 22 heavy (non-hydrogen) atoms. The monoisotopic (exact) mass is 294 g/mol. The number of aliphatic hydroxyl groups excluding tert-OH is 2. The van der Waals surface area contributed by atoms with Crippen molar-refractivity contribution >= 4 is 10.8 Å². The number of rotatable bonds is 2. The molecule has 5 heteroatoms. The Labute approximate surface area is 125 Å². The molecule has 0 amide bonds. The van der Waals surface area contributed by atoms with Gasteiger partial charge in [-0.2, -0.15) is 0 Å². The highest BCUT2D eigenvalue weighted by atomic mass is 16.3. The van der Waals surface area contributed by atoms with Crippen LogP contribution in [0.3, 0.4) is 0 Å². The zero-order valence-electron chi connectivity index (χ0n) is 11.8. The summed E-state index contributed by atoms with van der Waals surface area (Å²) in [5, 5.41) is 20.2. The van der Waals surface area contributed by atoms with Crippen molar-refractivity contribution in [2.75, 3.05) is 0 Å². The molecular weight excluding hydrogens is 280 g/mol. The fourth-order valence-electron chi connectivity index (χ4n) is 3.20. The van der Waals surface area contributed by atoms with Crippen LogP contribution in [0.2, 0.25) is 0 Å². The highest BCUT2D eigenvalue weighted by molar-refractivity contribution is 5.93. The lowest BCUT2D eigenvalue weighted by molar-refractivity contribution is 0.260. The molecule has 0 saturated heterocycles. The van der Waals surface area contributed by atoms with Gasteiger partial charge >= 0.3 is 0 Å². The van der Waals surface area contributed by atoms with Crippen molar-refractivity contribution in [1.29, 1.82) is 0 Å². The summed E-state index contributed by atoms with van der Waals surface area (Å²) in [5.41, 5.74) is 4.75. The van der Waals surface area contributed by atoms with Crippen molar-refractivity contribution in [3.05, 3.63) is 63.2 Å². The Hall–Kier alpha value is -2.50. The Balaban J connectivity index is 2.09. The molecule has 4 rings (SSSR count). The number of H-pyrrole nitrogens is 1. The van der Waals surface area contributed by atoms with Crippen molar-refractivity contribution in [2.45, 2.75) is 19.6 Å². The summed E-state index contributed by atoms with van der Waals surface area (Å²) in [6, 6.07) is 7.27. The van der Waals surface area contributed by atoms with Crippen LogP contribution in [0.15, 0.2) is 35.3 Å². The zero-order chi connectivity index (χ0) is 15.3. The molecule has 0 radical (unpaired) electrons. The number of nitrogens with one attached hydrogen (secondary N) is 1. The first kappa shape index (κ1) is 13.2. The topological polar surface area (TPSA) is 86.2 Å². The first-order valence-corrected chi connectivity index (χ1v) is 7.09. The number of aromatic amines is 1. The maximum Gasteiger partial charge on any atom is 0.256 e. The van der Waals surface area contributed by atoms with Gasteiger partial charge in [0.2, 0.25) is 0 Å². The quantitative estimate of drug-likeness (QED) is 0.522. The first-order valence-electron chi connectivity index (χ1n) is 7.09. The molecule has 0 atom stereocenters. The molecule has 2 heterocycles. The second kappa shape index (κ2) is 4.76. The number of nitrogens with zero attached hydrogens (tertiary/aromatic N) is 1. The van der Waals surface area contributed by atoms with Crippen LogP contribution < -0.4 is 5.56 Å². The third-order valence-electron chi connectivity index (χ3n) is 4.29. The summed E-state index contributed by atoms with van der Waals surface area (Å²) in [6.07, 6.45) is 2.40. The van der Waals surface area contributed by atoms with Gasteiger partial charge in [-0.15, -0.1) is 0 Å². The van der Waals surface area contributed by atoms with E-state index in [4.69, 9.17) is 0 Å². The summed E-state index contributed by atoms with van der Waals surface area (Å²) in [4.78, 5) is 19.7. The largest absolute Gasteiger partial charge is 0.392 e. The van der Waals surface area contributed by atoms with Gasteiger partial charge in [0, 0.05) is 23.6 Å². The van der Waals surface area contributed by atoms with Gasteiger partial charge in [-0.05, 0) is 46.3 Å². The summed E-state index contributed by atoms with van der Waals surface area (Å²) < 4.78 is 0. The molecule has 0 spiro atoms. The average molecular weight is 294 g/mol. The molecule has 3 N–H and O–H groups in total. The first-order chi connectivity index (χ1) is 10.7. The Morgan fingerprint density at radius 1 is 1.14 bits per heavy atom. The summed E-state index contributed by atoms with van der Waals surface area (Å²) >= 11 is 0. The van der Waals surface area contributed by atoms with Gasteiger partial charge in [0.05, 0.1) is 24.6 Å². The molecule has 1 aliphatic rings. The number of aliphatic hydroxyl groups is 2. The normalized spacial score (nSPS) is 12.5. The highest BCUT2D eigenvalue weighted by Crippen LogP contribution is 2.37. The molecule has 5 nitrogen and oxygen atoms in total. The molecule has 1 aromatic carbocycles. The van der Waals surface area contributed by atoms with Gasteiger partial charge in [0.25, 0.3) is 5.56 Å². The standard InChI is InChI=1S/C17H14N2O3/c20-7-9-4-12-13-6-15-11(2-1-3-18-15)16(13)19-17(22)14(12)5-10(9)8-21/h1-5,20-21H,6-8H2,(H,19,22). The van der Waals surface area contributed by atoms with E-state index in [9.17, 15) is 15.0 Å². The molecule has 0 aliphatic heterocycles. The van der Waals surface area contributed by atoms with Crippen LogP contribution in [0.1, 0.15) is 22.4 Å². The molecule has 110 valence electrons. The lowest BCUT2D eigenvalue weighted by atomic mass is 9.98. The minimum absolute atomic E-state index is 0.168. The number of hydrogen-bond donors (Lipinski definition) is 3. The molecule has 0 saturated carbocycles. The van der Waals surface area contributed by atoms with Crippen molar-refractivity contribution in [1.82, 2.24) is 9.97 Å². The number of hydrogen-bond acceptors (Lipinski definition) is 4. The molecular formula is C17H14N2O3. The van der Waals surface area contributed by atoms with E-state index in [1.165, 1.54) is 0 Å². The van der Waals surface area contributed by atoms with Crippen molar-refractivity contribution in [2.24, 2.45) is 0 Å². The Bertz CT molecular complexity index is 960. The third-order valence-corrected chi connectivity index (χ3v) is 4.29. The van der Waals surface area contributed by atoms with E-state index in [-0.39, 0.29) is 18.8 Å². The van der Waals surface area contributed by atoms with Gasteiger partial charge in [-0.3, -0.25) is 9.78 Å². The van der Waals surface area contributed by atoms with Gasteiger partial charge in [0.15, 0.2) is 0 Å². The van der Waals surface area contributed by atoms with E-state index >= 15 is 0 Å². The van der Waals surface area contributed by atoms with E-state index in [2.05, 4.69) is 9.97 Å². The third kappa shape index (κ3) is 1.73. The minimum Gasteiger partial charge on any atom is -0.392 e. The van der Waals surface area contributed by atoms with Crippen LogP contribution in [0, 0.1) is 0 Å². The smallest absolute Gasteiger partial charge is 0.256 e. The Morgan fingerprint density at radius 2 is 1.86 bits per heavy atom. The minimum atomic E-state index is -0.204. The van der Waals surface area contributed by atoms with E-state index in [0.717, 1.165) is 27.9 Å². The van der Waals surface area contributed by atoms with E-state index in [1.807, 2.05) is 12.1 Å². The predicted octanol–water partition coefficient (Wildman–Crippen LogP) is 1.48. The second-order valence-corrected chi connectivity index (χ2v) is 5.46. The number of benzene rings is 1. The van der Waals surface area contributed by atoms with Gasteiger partial charge in [-0.1, -0.05) is 0 Å². The maximum absolute atomic E-state index is 12.4. The molecule has 2 aromatic heterocycles. The van der Waals surface area contributed by atoms with E-state index in [1.54, 1.807) is 18.3 Å². The molecule has 3 aromatic rings. The lowest BCUT2D eigenvalue weighted by Gasteiger charge is -2.10. The van der Waals surface area contributed by atoms with Crippen molar-refractivity contribution in [3.8, 4) is 11.3 Å². The van der Waals surface area contributed by atoms with Crippen molar-refractivity contribution in [3.63, 3.8) is 0 Å². The van der Waals surface area contributed by atoms with Crippen molar-refractivity contribution < 1.29 is 10.2 Å². The Morgan fingerprint density at radius 3 is 2.59 bits per heavy atom. The predicted molar refractivity (Wildman–Crippen MR) is 82.5 cm³/mol. The van der Waals surface area contributed by atoms with Crippen LogP contribution in [-0.4, -0.2) is 20.2 Å². The van der Waals surface area contributed by atoms with E-state index in [0.29, 0.717) is 22.9 Å².